The lowest BCUT2D eigenvalue weighted by molar-refractivity contribution is -0.127. The number of anilines is 2. The standard InChI is InChI=1S/C39H29Cl3N2O5/c1-20-10-11-24(17-31(20)41)43-35(46)28-15-14-26-29(33(28)37(43)48)19-30-36(47)44(23-9-5-8-22(40)16-23)38(49)39(30,21-6-3-2-4-7-21)34(26)27-13-12-25(45)18-32(27)42/h2-14,16-18,28-30,33-34,45H,15,19H2,1H3. The van der Waals surface area contributed by atoms with Gasteiger partial charge in [-0.15, -0.1) is 0 Å². The third-order valence-corrected chi connectivity index (χ3v) is 11.8. The number of nitrogens with zero attached hydrogens (tertiary/aromatic N) is 2. The van der Waals surface area contributed by atoms with Crippen molar-refractivity contribution in [3.63, 3.8) is 0 Å². The van der Waals surface area contributed by atoms with Crippen LogP contribution >= 0.6 is 34.8 Å². The number of imide groups is 2. The smallest absolute Gasteiger partial charge is 0.246 e. The number of allylic oxidation sites excluding steroid dienone is 2. The molecule has 1 saturated carbocycles. The number of aromatic hydroxyl groups is 1. The van der Waals surface area contributed by atoms with Gasteiger partial charge in [-0.2, -0.15) is 0 Å². The number of phenols is 1. The van der Waals surface area contributed by atoms with E-state index in [9.17, 15) is 19.5 Å². The molecule has 0 aromatic heterocycles. The molecule has 0 spiro atoms. The molecule has 8 rings (SSSR count). The maximum atomic E-state index is 15.3. The van der Waals surface area contributed by atoms with Gasteiger partial charge in [-0.3, -0.25) is 19.2 Å². The van der Waals surface area contributed by atoms with Gasteiger partial charge in [0.25, 0.3) is 0 Å². The molecule has 2 aliphatic heterocycles. The van der Waals surface area contributed by atoms with Gasteiger partial charge >= 0.3 is 0 Å². The highest BCUT2D eigenvalue weighted by Crippen LogP contribution is 2.65. The number of rotatable bonds is 4. The molecule has 2 saturated heterocycles. The fourth-order valence-corrected chi connectivity index (χ4v) is 9.46. The summed E-state index contributed by atoms with van der Waals surface area (Å²) in [5.41, 5.74) is 2.02. The van der Waals surface area contributed by atoms with Crippen molar-refractivity contribution in [3.05, 3.63) is 134 Å². The number of fused-ring (bicyclic) bond motifs is 4. The molecule has 2 heterocycles. The summed E-state index contributed by atoms with van der Waals surface area (Å²) in [6.45, 7) is 1.85. The molecule has 2 aliphatic carbocycles. The van der Waals surface area contributed by atoms with Crippen molar-refractivity contribution in [1.82, 2.24) is 0 Å². The predicted octanol–water partition coefficient (Wildman–Crippen LogP) is 8.03. The number of carbonyl (C=O) groups excluding carboxylic acids is 4. The second-order valence-corrected chi connectivity index (χ2v) is 14.5. The SMILES string of the molecule is Cc1ccc(N2C(=O)C3CC=C4C(CC5C(=O)N(c6cccc(Cl)c6)C(=O)C5(c5ccccc5)C4c4ccc(O)cc4Cl)C3C2=O)cc1Cl. The first kappa shape index (κ1) is 31.8. The van der Waals surface area contributed by atoms with E-state index >= 15 is 4.79 Å². The Kier molecular flexibility index (Phi) is 7.52. The minimum Gasteiger partial charge on any atom is -0.508 e. The van der Waals surface area contributed by atoms with Crippen molar-refractivity contribution in [2.24, 2.45) is 23.7 Å². The molecule has 10 heteroatoms. The molecule has 49 heavy (non-hydrogen) atoms. The first-order chi connectivity index (χ1) is 23.5. The van der Waals surface area contributed by atoms with Gasteiger partial charge < -0.3 is 5.11 Å². The maximum Gasteiger partial charge on any atom is 0.246 e. The Morgan fingerprint density at radius 2 is 1.49 bits per heavy atom. The molecule has 0 bridgehead atoms. The van der Waals surface area contributed by atoms with Crippen LogP contribution in [0.25, 0.3) is 0 Å². The zero-order valence-corrected chi connectivity index (χ0v) is 28.4. The van der Waals surface area contributed by atoms with Crippen molar-refractivity contribution in [1.29, 1.82) is 0 Å². The van der Waals surface area contributed by atoms with E-state index in [1.54, 1.807) is 48.5 Å². The Morgan fingerprint density at radius 3 is 2.20 bits per heavy atom. The highest BCUT2D eigenvalue weighted by atomic mass is 35.5. The molecular weight excluding hydrogens is 683 g/mol. The van der Waals surface area contributed by atoms with Gasteiger partial charge in [-0.05, 0) is 84.8 Å². The summed E-state index contributed by atoms with van der Waals surface area (Å²) in [5.74, 6) is -5.32. The normalized spacial score (nSPS) is 27.6. The Balaban J connectivity index is 1.35. The third kappa shape index (κ3) is 4.55. The average Bonchev–Trinajstić information content (AvgIpc) is 3.47. The summed E-state index contributed by atoms with van der Waals surface area (Å²) in [6.07, 6.45) is 2.38. The molecule has 1 N–H and O–H groups in total. The van der Waals surface area contributed by atoms with E-state index in [4.69, 9.17) is 34.8 Å². The lowest BCUT2D eigenvalue weighted by Gasteiger charge is -2.51. The molecule has 4 amide bonds. The zero-order chi connectivity index (χ0) is 34.4. The average molecular weight is 712 g/mol. The van der Waals surface area contributed by atoms with Crippen LogP contribution in [0.5, 0.6) is 5.75 Å². The van der Waals surface area contributed by atoms with E-state index in [2.05, 4.69) is 0 Å². The molecule has 7 nitrogen and oxygen atoms in total. The third-order valence-electron chi connectivity index (χ3n) is 10.9. The minimum atomic E-state index is -1.47. The Morgan fingerprint density at radius 1 is 0.735 bits per heavy atom. The van der Waals surface area contributed by atoms with E-state index in [0.717, 1.165) is 11.1 Å². The van der Waals surface area contributed by atoms with Crippen molar-refractivity contribution in [3.8, 4) is 5.75 Å². The van der Waals surface area contributed by atoms with E-state index in [1.165, 1.54) is 21.9 Å². The predicted molar refractivity (Wildman–Crippen MR) is 188 cm³/mol. The Bertz CT molecular complexity index is 2130. The summed E-state index contributed by atoms with van der Waals surface area (Å²) in [5, 5.41) is 11.4. The van der Waals surface area contributed by atoms with Crippen LogP contribution in [0.15, 0.2) is 103 Å². The molecule has 4 aliphatic rings. The number of phenolic OH excluding ortho intramolecular Hbond substituents is 1. The van der Waals surface area contributed by atoms with Crippen LogP contribution in [-0.4, -0.2) is 28.7 Å². The molecular formula is C39H29Cl3N2O5. The summed E-state index contributed by atoms with van der Waals surface area (Å²) in [4.78, 5) is 61.0. The van der Waals surface area contributed by atoms with Crippen LogP contribution in [0.4, 0.5) is 11.4 Å². The Labute approximate surface area is 297 Å². The number of aryl methyl sites for hydroxylation is 1. The number of amides is 4. The topological polar surface area (TPSA) is 95.0 Å². The van der Waals surface area contributed by atoms with Crippen LogP contribution in [0.2, 0.25) is 15.1 Å². The van der Waals surface area contributed by atoms with Gasteiger partial charge in [-0.25, -0.2) is 9.80 Å². The van der Waals surface area contributed by atoms with Crippen LogP contribution < -0.4 is 9.80 Å². The quantitative estimate of drug-likeness (QED) is 0.171. The number of benzene rings is 4. The number of carbonyl (C=O) groups is 4. The largest absolute Gasteiger partial charge is 0.508 e. The first-order valence-corrected chi connectivity index (χ1v) is 17.2. The highest BCUT2D eigenvalue weighted by molar-refractivity contribution is 6.33. The molecule has 4 aromatic carbocycles. The monoisotopic (exact) mass is 710 g/mol. The fourth-order valence-electron chi connectivity index (χ4n) is 8.81. The van der Waals surface area contributed by atoms with Crippen LogP contribution in [0.1, 0.15) is 35.4 Å². The Hall–Kier alpha value is -4.43. The van der Waals surface area contributed by atoms with Gasteiger partial charge in [0.2, 0.25) is 23.6 Å². The summed E-state index contributed by atoms with van der Waals surface area (Å²) >= 11 is 19.7. The first-order valence-electron chi connectivity index (χ1n) is 16.1. The van der Waals surface area contributed by atoms with Crippen molar-refractivity contribution in [2.45, 2.75) is 31.1 Å². The number of halogens is 3. The van der Waals surface area contributed by atoms with Gasteiger partial charge in [0.1, 0.15) is 5.75 Å². The van der Waals surface area contributed by atoms with Crippen molar-refractivity contribution in [2.75, 3.05) is 9.80 Å². The van der Waals surface area contributed by atoms with Crippen LogP contribution in [0, 0.1) is 30.6 Å². The highest BCUT2D eigenvalue weighted by Gasteiger charge is 2.70. The van der Waals surface area contributed by atoms with Crippen LogP contribution in [-0.2, 0) is 24.6 Å². The van der Waals surface area contributed by atoms with E-state index < -0.39 is 46.8 Å². The molecule has 246 valence electrons. The second-order valence-electron chi connectivity index (χ2n) is 13.2. The fraction of sp³-hybridized carbons (Fsp3) is 0.231. The zero-order valence-electron chi connectivity index (χ0n) is 26.1. The maximum absolute atomic E-state index is 15.3. The van der Waals surface area contributed by atoms with Gasteiger partial charge in [0, 0.05) is 21.0 Å². The molecule has 4 aromatic rings. The van der Waals surface area contributed by atoms with Gasteiger partial charge in [-0.1, -0.05) is 95.0 Å². The van der Waals surface area contributed by atoms with Crippen molar-refractivity contribution >= 4 is 69.8 Å². The molecule has 6 atom stereocenters. The van der Waals surface area contributed by atoms with E-state index in [-0.39, 0.29) is 35.4 Å². The minimum absolute atomic E-state index is 0.0533. The molecule has 6 unspecified atom stereocenters. The van der Waals surface area contributed by atoms with E-state index in [1.807, 2.05) is 43.3 Å². The molecule has 0 radical (unpaired) electrons. The summed E-state index contributed by atoms with van der Waals surface area (Å²) in [7, 11) is 0. The van der Waals surface area contributed by atoms with E-state index in [0.29, 0.717) is 32.5 Å². The van der Waals surface area contributed by atoms with Gasteiger partial charge in [0.15, 0.2) is 0 Å². The van der Waals surface area contributed by atoms with Crippen LogP contribution in [0.3, 0.4) is 0 Å². The summed E-state index contributed by atoms with van der Waals surface area (Å²) in [6, 6.07) is 25.5. The van der Waals surface area contributed by atoms with Crippen molar-refractivity contribution < 1.29 is 24.3 Å². The second kappa shape index (κ2) is 11.6. The lowest BCUT2D eigenvalue weighted by Crippen LogP contribution is -2.53. The lowest BCUT2D eigenvalue weighted by atomic mass is 9.49. The summed E-state index contributed by atoms with van der Waals surface area (Å²) < 4.78 is 0. The molecule has 3 fully saturated rings. The number of hydrogen-bond donors (Lipinski definition) is 1. The number of hydrogen-bond acceptors (Lipinski definition) is 5. The van der Waals surface area contributed by atoms with Gasteiger partial charge in [0.05, 0.1) is 34.5 Å².